The fraction of sp³-hybridized carbons (Fsp3) is 0.375. The van der Waals surface area contributed by atoms with Crippen LogP contribution in [0.15, 0.2) is 23.6 Å². The summed E-state index contributed by atoms with van der Waals surface area (Å²) < 4.78 is 0. The average molecular weight is 287 g/mol. The van der Waals surface area contributed by atoms with Gasteiger partial charge in [-0.25, -0.2) is 0 Å². The van der Waals surface area contributed by atoms with Crippen LogP contribution in [-0.2, 0) is 0 Å². The predicted molar refractivity (Wildman–Crippen MR) is 81.1 cm³/mol. The zero-order chi connectivity index (χ0) is 14.1. The summed E-state index contributed by atoms with van der Waals surface area (Å²) in [7, 11) is 0. The van der Waals surface area contributed by atoms with Crippen molar-refractivity contribution in [3.8, 4) is 0 Å². The number of hydrogen-bond acceptors (Lipinski definition) is 3. The van der Waals surface area contributed by atoms with Gasteiger partial charge in [0.25, 0.3) is 11.8 Å². The molecule has 0 aromatic heterocycles. The summed E-state index contributed by atoms with van der Waals surface area (Å²) in [5.74, 6) is -0.557. The number of carbonyl (C=O) groups excluding carboxylic acids is 2. The molecule has 1 aromatic carbocycles. The molecule has 1 N–H and O–H groups in total. The van der Waals surface area contributed by atoms with E-state index in [1.165, 1.54) is 32.1 Å². The third-order valence-electron chi connectivity index (χ3n) is 3.94. The van der Waals surface area contributed by atoms with E-state index < -0.39 is 0 Å². The van der Waals surface area contributed by atoms with Gasteiger partial charge in [-0.2, -0.15) is 0 Å². The molecule has 1 aliphatic carbocycles. The minimum atomic E-state index is -0.286. The Labute approximate surface area is 122 Å². The molecule has 1 saturated carbocycles. The Morgan fingerprint density at radius 1 is 1.15 bits per heavy atom. The molecule has 0 saturated heterocycles. The van der Waals surface area contributed by atoms with Crippen LogP contribution in [-0.4, -0.2) is 17.1 Å². The van der Waals surface area contributed by atoms with E-state index in [0.29, 0.717) is 16.4 Å². The highest BCUT2D eigenvalue weighted by atomic mass is 32.2. The Morgan fingerprint density at radius 3 is 2.60 bits per heavy atom. The van der Waals surface area contributed by atoms with E-state index in [-0.39, 0.29) is 11.8 Å². The lowest BCUT2D eigenvalue weighted by molar-refractivity contribution is 0.0879. The van der Waals surface area contributed by atoms with Gasteiger partial charge in [0.15, 0.2) is 0 Å². The van der Waals surface area contributed by atoms with Gasteiger partial charge in [-0.1, -0.05) is 38.0 Å². The molecule has 1 fully saturated rings. The molecule has 0 unspecified atom stereocenters. The second-order valence-corrected chi connectivity index (χ2v) is 6.58. The van der Waals surface area contributed by atoms with Crippen LogP contribution in [0.4, 0.5) is 0 Å². The topological polar surface area (TPSA) is 46.2 Å². The van der Waals surface area contributed by atoms with Crippen molar-refractivity contribution < 1.29 is 9.59 Å². The first-order valence-corrected chi connectivity index (χ1v) is 7.90. The highest BCUT2D eigenvalue weighted by molar-refractivity contribution is 8.00. The molecule has 1 aliphatic heterocycles. The molecule has 1 aromatic rings. The minimum Gasteiger partial charge on any atom is -0.288 e. The maximum atomic E-state index is 12.0. The van der Waals surface area contributed by atoms with E-state index in [4.69, 9.17) is 0 Å². The maximum absolute atomic E-state index is 12.0. The van der Waals surface area contributed by atoms with Crippen LogP contribution in [0.2, 0.25) is 0 Å². The fourth-order valence-corrected chi connectivity index (χ4v) is 4.39. The molecule has 2 amide bonds. The van der Waals surface area contributed by atoms with E-state index in [1.807, 2.05) is 6.07 Å². The number of rotatable bonds is 3. The first-order valence-electron chi connectivity index (χ1n) is 7.02. The van der Waals surface area contributed by atoms with Gasteiger partial charge in [0.2, 0.25) is 0 Å². The second kappa shape index (κ2) is 5.44. The van der Waals surface area contributed by atoms with E-state index in [0.717, 1.165) is 10.5 Å². The van der Waals surface area contributed by atoms with Crippen molar-refractivity contribution in [2.75, 3.05) is 0 Å². The predicted octanol–water partition coefficient (Wildman–Crippen LogP) is 3.64. The zero-order valence-corrected chi connectivity index (χ0v) is 12.1. The maximum Gasteiger partial charge on any atom is 0.260 e. The first-order chi connectivity index (χ1) is 9.70. The smallest absolute Gasteiger partial charge is 0.260 e. The standard InChI is InChI=1S/C16H17NO2S/c1-2-10-8-9-12-13(16(19)17-15(12)18)14(10)20-11-6-4-3-5-7-11/h2,8-9,11H,1,3-7H2,(H,17,18,19). The number of amides is 2. The fourth-order valence-electron chi connectivity index (χ4n) is 2.88. The highest BCUT2D eigenvalue weighted by Gasteiger charge is 2.31. The Morgan fingerprint density at radius 2 is 1.90 bits per heavy atom. The number of imide groups is 1. The van der Waals surface area contributed by atoms with Gasteiger partial charge >= 0.3 is 0 Å². The Kier molecular flexibility index (Phi) is 3.66. The molecule has 1 heterocycles. The molecular formula is C16H17NO2S. The Hall–Kier alpha value is -1.55. The normalized spacial score (nSPS) is 18.8. The van der Waals surface area contributed by atoms with E-state index in [1.54, 1.807) is 23.9 Å². The monoisotopic (exact) mass is 287 g/mol. The lowest BCUT2D eigenvalue weighted by atomic mass is 10.0. The van der Waals surface area contributed by atoms with Gasteiger partial charge in [0, 0.05) is 10.1 Å². The summed E-state index contributed by atoms with van der Waals surface area (Å²) in [6.07, 6.45) is 7.93. The molecular weight excluding hydrogens is 270 g/mol. The van der Waals surface area contributed by atoms with E-state index in [2.05, 4.69) is 11.9 Å². The summed E-state index contributed by atoms with van der Waals surface area (Å²) in [4.78, 5) is 24.7. The zero-order valence-electron chi connectivity index (χ0n) is 11.3. The van der Waals surface area contributed by atoms with Crippen molar-refractivity contribution in [1.29, 1.82) is 0 Å². The summed E-state index contributed by atoms with van der Waals surface area (Å²) in [5.41, 5.74) is 1.99. The number of fused-ring (bicyclic) bond motifs is 1. The minimum absolute atomic E-state index is 0.271. The molecule has 0 radical (unpaired) electrons. The molecule has 0 atom stereocenters. The van der Waals surface area contributed by atoms with E-state index in [9.17, 15) is 9.59 Å². The Bertz CT molecular complexity index is 588. The van der Waals surface area contributed by atoms with Crippen LogP contribution in [0.1, 0.15) is 58.4 Å². The van der Waals surface area contributed by atoms with E-state index >= 15 is 0 Å². The lowest BCUT2D eigenvalue weighted by Gasteiger charge is -2.22. The number of benzene rings is 1. The van der Waals surface area contributed by atoms with Crippen molar-refractivity contribution in [3.63, 3.8) is 0 Å². The van der Waals surface area contributed by atoms with Crippen LogP contribution < -0.4 is 5.32 Å². The third kappa shape index (κ3) is 2.29. The van der Waals surface area contributed by atoms with Crippen molar-refractivity contribution in [1.82, 2.24) is 5.32 Å². The van der Waals surface area contributed by atoms with Crippen molar-refractivity contribution >= 4 is 29.7 Å². The molecule has 0 spiro atoms. The van der Waals surface area contributed by atoms with Crippen molar-refractivity contribution in [2.45, 2.75) is 42.2 Å². The van der Waals surface area contributed by atoms with Gasteiger partial charge in [-0.3, -0.25) is 14.9 Å². The van der Waals surface area contributed by atoms with Gasteiger partial charge in [-0.05, 0) is 24.5 Å². The number of thioether (sulfide) groups is 1. The summed E-state index contributed by atoms with van der Waals surface area (Å²) >= 11 is 1.74. The molecule has 3 nitrogen and oxygen atoms in total. The number of hydrogen-bond donors (Lipinski definition) is 1. The van der Waals surface area contributed by atoms with Crippen LogP contribution >= 0.6 is 11.8 Å². The van der Waals surface area contributed by atoms with Gasteiger partial charge in [-0.15, -0.1) is 11.8 Å². The largest absolute Gasteiger partial charge is 0.288 e. The molecule has 4 heteroatoms. The van der Waals surface area contributed by atoms with Crippen molar-refractivity contribution in [3.05, 3.63) is 35.4 Å². The molecule has 0 bridgehead atoms. The van der Waals surface area contributed by atoms with Gasteiger partial charge < -0.3 is 0 Å². The Balaban J connectivity index is 2.01. The number of nitrogens with one attached hydrogen (secondary N) is 1. The van der Waals surface area contributed by atoms with Crippen LogP contribution in [0.25, 0.3) is 6.08 Å². The lowest BCUT2D eigenvalue weighted by Crippen LogP contribution is -2.20. The molecule has 2 aliphatic rings. The van der Waals surface area contributed by atoms with Gasteiger partial charge in [0.1, 0.15) is 0 Å². The number of carbonyl (C=O) groups is 2. The quantitative estimate of drug-likeness (QED) is 0.863. The molecule has 20 heavy (non-hydrogen) atoms. The van der Waals surface area contributed by atoms with Gasteiger partial charge in [0.05, 0.1) is 11.1 Å². The molecule has 104 valence electrons. The van der Waals surface area contributed by atoms with Crippen LogP contribution in [0.5, 0.6) is 0 Å². The summed E-state index contributed by atoms with van der Waals surface area (Å²) in [5, 5.41) is 2.92. The van der Waals surface area contributed by atoms with Crippen LogP contribution in [0, 0.1) is 0 Å². The second-order valence-electron chi connectivity index (χ2n) is 5.27. The van der Waals surface area contributed by atoms with Crippen molar-refractivity contribution in [2.24, 2.45) is 0 Å². The first kappa shape index (κ1) is 13.4. The highest BCUT2D eigenvalue weighted by Crippen LogP contribution is 2.39. The average Bonchev–Trinajstić information content (AvgIpc) is 2.76. The summed E-state index contributed by atoms with van der Waals surface area (Å²) in [6.45, 7) is 3.82. The third-order valence-corrected chi connectivity index (χ3v) is 5.42. The molecule has 3 rings (SSSR count). The summed E-state index contributed by atoms with van der Waals surface area (Å²) in [6, 6.07) is 3.60. The van der Waals surface area contributed by atoms with Crippen LogP contribution in [0.3, 0.4) is 0 Å². The SMILES string of the molecule is C=Cc1ccc2c(c1SC1CCCCC1)C(=O)NC2=O.